The van der Waals surface area contributed by atoms with Crippen molar-refractivity contribution in [2.24, 2.45) is 0 Å². The second kappa shape index (κ2) is 8.71. The number of hydrogen-bond donors (Lipinski definition) is 3. The minimum Gasteiger partial charge on any atom is -0.390 e. The highest BCUT2D eigenvalue weighted by Crippen LogP contribution is 2.36. The van der Waals surface area contributed by atoms with Crippen LogP contribution in [0, 0.1) is 0 Å². The normalized spacial score (nSPS) is 21.3. The zero-order valence-electron chi connectivity index (χ0n) is 17.8. The Balaban J connectivity index is 1.65. The van der Waals surface area contributed by atoms with Crippen LogP contribution in [0.25, 0.3) is 11.0 Å². The van der Waals surface area contributed by atoms with Crippen molar-refractivity contribution < 1.29 is 27.8 Å². The van der Waals surface area contributed by atoms with Crippen LogP contribution in [-0.4, -0.2) is 66.3 Å². The molecule has 3 aromatic rings. The van der Waals surface area contributed by atoms with Crippen LogP contribution in [0.15, 0.2) is 24.5 Å². The van der Waals surface area contributed by atoms with E-state index in [0.717, 1.165) is 11.5 Å². The van der Waals surface area contributed by atoms with E-state index in [1.165, 1.54) is 31.5 Å². The molecule has 4 atom stereocenters. The fraction of sp³-hybridized carbons (Fsp3) is 0.500. The Bertz CT molecular complexity index is 1140. The Hall–Kier alpha value is -3.06. The molecule has 0 spiro atoms. The molecule has 0 aliphatic carbocycles. The number of aromatic nitrogens is 5. The number of pyridine rings is 1. The van der Waals surface area contributed by atoms with Gasteiger partial charge in [-0.1, -0.05) is 0 Å². The summed E-state index contributed by atoms with van der Waals surface area (Å²) in [4.78, 5) is 18.4. The molecular weight excluding hydrogens is 446 g/mol. The Morgan fingerprint density at radius 3 is 2.61 bits per heavy atom. The van der Waals surface area contributed by atoms with E-state index < -0.39 is 30.6 Å². The predicted molar refractivity (Wildman–Crippen MR) is 112 cm³/mol. The van der Waals surface area contributed by atoms with Gasteiger partial charge in [-0.2, -0.15) is 18.2 Å². The number of aliphatic hydroxyl groups excluding tert-OH is 2. The molecule has 3 N–H and O–H groups in total. The summed E-state index contributed by atoms with van der Waals surface area (Å²) in [5.74, 6) is 0.644. The Kier molecular flexibility index (Phi) is 6.10. The first-order chi connectivity index (χ1) is 15.5. The molecule has 33 heavy (non-hydrogen) atoms. The zero-order chi connectivity index (χ0) is 23.9. The maximum atomic E-state index is 13.9. The van der Waals surface area contributed by atoms with Gasteiger partial charge >= 0.3 is 6.18 Å². The molecule has 1 fully saturated rings. The van der Waals surface area contributed by atoms with Crippen molar-refractivity contribution in [2.75, 3.05) is 23.3 Å². The molecule has 0 radical (unpaired) electrons. The summed E-state index contributed by atoms with van der Waals surface area (Å²) in [5, 5.41) is 22.5. The lowest BCUT2D eigenvalue weighted by atomic mass is 10.1. The molecule has 4 rings (SSSR count). The molecule has 1 aliphatic heterocycles. The van der Waals surface area contributed by atoms with E-state index in [2.05, 4.69) is 25.3 Å². The lowest BCUT2D eigenvalue weighted by Crippen LogP contribution is -2.45. The van der Waals surface area contributed by atoms with Crippen LogP contribution < -0.4 is 10.2 Å². The van der Waals surface area contributed by atoms with E-state index in [1.54, 1.807) is 4.90 Å². The third-order valence-electron chi connectivity index (χ3n) is 5.53. The van der Waals surface area contributed by atoms with E-state index in [1.807, 2.05) is 0 Å². The van der Waals surface area contributed by atoms with E-state index in [0.29, 0.717) is 12.4 Å². The number of fused-ring (bicyclic) bond motifs is 1. The van der Waals surface area contributed by atoms with E-state index in [9.17, 15) is 27.8 Å². The average molecular weight is 469 g/mol. The number of alkyl halides is 4. The minimum absolute atomic E-state index is 0.0501. The summed E-state index contributed by atoms with van der Waals surface area (Å²) in [5.41, 5.74) is 0.351. The topological polar surface area (TPSA) is 112 Å². The van der Waals surface area contributed by atoms with Crippen molar-refractivity contribution in [1.82, 2.24) is 24.5 Å². The van der Waals surface area contributed by atoms with E-state index in [-0.39, 0.29) is 41.6 Å². The molecule has 1 saturated heterocycles. The van der Waals surface area contributed by atoms with Crippen LogP contribution in [0.1, 0.15) is 38.2 Å². The van der Waals surface area contributed by atoms with Crippen LogP contribution >= 0.6 is 0 Å². The Morgan fingerprint density at radius 2 is 1.94 bits per heavy atom. The zero-order valence-corrected chi connectivity index (χ0v) is 17.8. The second-order valence-electron chi connectivity index (χ2n) is 7.98. The number of rotatable bonds is 5. The molecule has 0 amide bonds. The van der Waals surface area contributed by atoms with Crippen molar-refractivity contribution >= 4 is 28.6 Å². The molecule has 0 aromatic carbocycles. The van der Waals surface area contributed by atoms with Gasteiger partial charge in [0.05, 0.1) is 24.4 Å². The number of piperidine rings is 1. The first-order valence-corrected chi connectivity index (χ1v) is 10.3. The van der Waals surface area contributed by atoms with Gasteiger partial charge in [-0.15, -0.1) is 0 Å². The van der Waals surface area contributed by atoms with Gasteiger partial charge < -0.3 is 25.0 Å². The number of hydrogen-bond acceptors (Lipinski definition) is 8. The number of nitrogens with one attached hydrogen (secondary N) is 1. The first kappa shape index (κ1) is 23.1. The summed E-state index contributed by atoms with van der Waals surface area (Å²) in [7, 11) is 0. The molecule has 0 saturated carbocycles. The minimum atomic E-state index is -4.55. The largest absolute Gasteiger partial charge is 0.408 e. The van der Waals surface area contributed by atoms with Crippen molar-refractivity contribution in [3.8, 4) is 0 Å². The average Bonchev–Trinajstić information content (AvgIpc) is 3.13. The summed E-state index contributed by atoms with van der Waals surface area (Å²) in [6.07, 6.45) is -5.19. The van der Waals surface area contributed by atoms with Gasteiger partial charge in [-0.05, 0) is 26.3 Å². The summed E-state index contributed by atoms with van der Waals surface area (Å²) < 4.78 is 55.3. The van der Waals surface area contributed by atoms with Crippen molar-refractivity contribution in [3.05, 3.63) is 30.4 Å². The third-order valence-corrected chi connectivity index (χ3v) is 5.53. The lowest BCUT2D eigenvalue weighted by molar-refractivity contribution is -0.163. The van der Waals surface area contributed by atoms with Crippen LogP contribution in [0.5, 0.6) is 0 Å². The van der Waals surface area contributed by atoms with Gasteiger partial charge in [-0.3, -0.25) is 0 Å². The standard InChI is InChI=1S/C20H23F4N7O2/c1-10(32)18-27-13-8-26-17(7-14(13)31(18)11(2)20(22,23)24)28-16-3-5-25-19(29-16)30-6-4-15(33)12(21)9-30/h3,5,7-8,10-12,15,32-33H,4,6,9H2,1-2H3,(H,25,26,28,29)/t10?,11-,12?,15?/m0/s1. The third kappa shape index (κ3) is 4.69. The van der Waals surface area contributed by atoms with Crippen molar-refractivity contribution in [2.45, 2.75) is 50.9 Å². The fourth-order valence-corrected chi connectivity index (χ4v) is 3.71. The van der Waals surface area contributed by atoms with E-state index >= 15 is 0 Å². The lowest BCUT2D eigenvalue weighted by Gasteiger charge is -2.32. The van der Waals surface area contributed by atoms with Gasteiger partial charge in [0.2, 0.25) is 5.95 Å². The number of anilines is 3. The number of imidazole rings is 1. The van der Waals surface area contributed by atoms with Crippen LogP contribution in [0.3, 0.4) is 0 Å². The predicted octanol–water partition coefficient (Wildman–Crippen LogP) is 3.05. The van der Waals surface area contributed by atoms with Crippen LogP contribution in [-0.2, 0) is 0 Å². The highest BCUT2D eigenvalue weighted by molar-refractivity contribution is 5.79. The highest BCUT2D eigenvalue weighted by atomic mass is 19.4. The molecule has 0 bridgehead atoms. The van der Waals surface area contributed by atoms with Crippen molar-refractivity contribution in [1.29, 1.82) is 0 Å². The monoisotopic (exact) mass is 469 g/mol. The molecule has 1 aliphatic rings. The molecular formula is C20H23F4N7O2. The number of nitrogens with zero attached hydrogens (tertiary/aromatic N) is 6. The first-order valence-electron chi connectivity index (χ1n) is 10.3. The molecule has 3 aromatic heterocycles. The van der Waals surface area contributed by atoms with Gasteiger partial charge in [0.15, 0.2) is 0 Å². The number of halogens is 4. The van der Waals surface area contributed by atoms with Gasteiger partial charge in [0, 0.05) is 18.8 Å². The Morgan fingerprint density at radius 1 is 1.18 bits per heavy atom. The van der Waals surface area contributed by atoms with Crippen LogP contribution in [0.2, 0.25) is 0 Å². The highest BCUT2D eigenvalue weighted by Gasteiger charge is 2.40. The number of aliphatic hydroxyl groups is 2. The maximum absolute atomic E-state index is 13.9. The molecule has 9 nitrogen and oxygen atoms in total. The molecule has 3 unspecified atom stereocenters. The van der Waals surface area contributed by atoms with Crippen molar-refractivity contribution in [3.63, 3.8) is 0 Å². The maximum Gasteiger partial charge on any atom is 0.408 e. The molecule has 4 heterocycles. The molecule has 178 valence electrons. The van der Waals surface area contributed by atoms with E-state index in [4.69, 9.17) is 0 Å². The van der Waals surface area contributed by atoms with Crippen LogP contribution in [0.4, 0.5) is 35.1 Å². The van der Waals surface area contributed by atoms with Gasteiger partial charge in [-0.25, -0.2) is 19.3 Å². The fourth-order valence-electron chi connectivity index (χ4n) is 3.71. The van der Waals surface area contributed by atoms with Gasteiger partial charge in [0.25, 0.3) is 0 Å². The quantitative estimate of drug-likeness (QED) is 0.489. The second-order valence-corrected chi connectivity index (χ2v) is 7.98. The smallest absolute Gasteiger partial charge is 0.390 e. The molecule has 13 heteroatoms. The summed E-state index contributed by atoms with van der Waals surface area (Å²) in [6, 6.07) is 1.02. The summed E-state index contributed by atoms with van der Waals surface area (Å²) >= 11 is 0. The summed E-state index contributed by atoms with van der Waals surface area (Å²) in [6.45, 7) is 2.67. The SMILES string of the molecule is CC(O)c1nc2cnc(Nc3ccnc(N4CCC(O)C(F)C4)n3)cc2n1[C@@H](C)C(F)(F)F. The Labute approximate surface area is 186 Å². The van der Waals surface area contributed by atoms with Gasteiger partial charge in [0.1, 0.15) is 41.3 Å².